The number of hydrogen-bond donors (Lipinski definition) is 2. The second-order valence-electron chi connectivity index (χ2n) is 4.21. The molecule has 0 fully saturated rings. The van der Waals surface area contributed by atoms with Crippen LogP contribution in [0.4, 0.5) is 15.8 Å². The van der Waals surface area contributed by atoms with E-state index in [0.717, 1.165) is 12.3 Å². The van der Waals surface area contributed by atoms with E-state index in [4.69, 9.17) is 10.5 Å². The van der Waals surface area contributed by atoms with Gasteiger partial charge < -0.3 is 15.8 Å². The average Bonchev–Trinajstić information content (AvgIpc) is 2.19. The van der Waals surface area contributed by atoms with Crippen molar-refractivity contribution >= 4 is 21.2 Å². The van der Waals surface area contributed by atoms with Crippen molar-refractivity contribution in [3.8, 4) is 5.75 Å². The molecule has 102 valence electrons. The molecular weight excluding hydrogens is 259 g/mol. The molecule has 0 saturated carbocycles. The number of nitrogen functional groups attached to an aromatic ring is 1. The summed E-state index contributed by atoms with van der Waals surface area (Å²) in [6.07, 6.45) is 1.15. The Morgan fingerprint density at radius 1 is 1.50 bits per heavy atom. The number of sulfone groups is 1. The summed E-state index contributed by atoms with van der Waals surface area (Å²) in [7, 11) is -1.74. The molecule has 0 aromatic heterocycles. The van der Waals surface area contributed by atoms with Crippen LogP contribution in [0.15, 0.2) is 12.1 Å². The van der Waals surface area contributed by atoms with E-state index >= 15 is 0 Å². The zero-order valence-electron chi connectivity index (χ0n) is 10.5. The maximum absolute atomic E-state index is 13.3. The summed E-state index contributed by atoms with van der Waals surface area (Å²) in [4.78, 5) is 0. The van der Waals surface area contributed by atoms with Crippen LogP contribution < -0.4 is 15.8 Å². The lowest BCUT2D eigenvalue weighted by Gasteiger charge is -2.17. The number of anilines is 2. The van der Waals surface area contributed by atoms with E-state index in [9.17, 15) is 12.8 Å². The summed E-state index contributed by atoms with van der Waals surface area (Å²) in [5.41, 5.74) is 6.30. The maximum Gasteiger partial charge on any atom is 0.167 e. The van der Waals surface area contributed by atoms with Gasteiger partial charge in [0.15, 0.2) is 11.6 Å². The summed E-state index contributed by atoms with van der Waals surface area (Å²) in [6, 6.07) is 2.20. The van der Waals surface area contributed by atoms with Crippen LogP contribution in [-0.4, -0.2) is 33.6 Å². The standard InChI is InChI=1S/C11H17FN2O3S/c1-7(6-18(3,15)16)14-10-5-11(17-2)8(12)4-9(10)13/h4-5,7,14H,6,13H2,1-3H3. The Bertz CT molecular complexity index is 531. The molecule has 0 spiro atoms. The molecule has 0 aliphatic rings. The van der Waals surface area contributed by atoms with Gasteiger partial charge in [-0.2, -0.15) is 0 Å². The third kappa shape index (κ3) is 4.06. The number of nitrogens with one attached hydrogen (secondary N) is 1. The third-order valence-electron chi connectivity index (χ3n) is 2.28. The second-order valence-corrected chi connectivity index (χ2v) is 6.40. The average molecular weight is 276 g/mol. The molecular formula is C11H17FN2O3S. The fourth-order valence-electron chi connectivity index (χ4n) is 1.61. The minimum atomic E-state index is -3.09. The van der Waals surface area contributed by atoms with Crippen molar-refractivity contribution in [1.29, 1.82) is 0 Å². The van der Waals surface area contributed by atoms with Crippen molar-refractivity contribution in [3.63, 3.8) is 0 Å². The van der Waals surface area contributed by atoms with Crippen molar-refractivity contribution < 1.29 is 17.5 Å². The zero-order valence-corrected chi connectivity index (χ0v) is 11.3. The molecule has 0 heterocycles. The fraction of sp³-hybridized carbons (Fsp3) is 0.455. The first kappa shape index (κ1) is 14.6. The van der Waals surface area contributed by atoms with Gasteiger partial charge in [-0.3, -0.25) is 0 Å². The predicted octanol–water partition coefficient (Wildman–Crippen LogP) is 1.26. The van der Waals surface area contributed by atoms with Crippen molar-refractivity contribution in [2.24, 2.45) is 0 Å². The minimum absolute atomic E-state index is 0.0356. The summed E-state index contributed by atoms with van der Waals surface area (Å²) in [5, 5.41) is 2.92. The Balaban J connectivity index is 2.91. The van der Waals surface area contributed by atoms with Crippen molar-refractivity contribution in [2.75, 3.05) is 30.2 Å². The summed E-state index contributed by atoms with van der Waals surface area (Å²) in [5.74, 6) is -0.541. The van der Waals surface area contributed by atoms with E-state index in [0.29, 0.717) is 5.69 Å². The molecule has 3 N–H and O–H groups in total. The van der Waals surface area contributed by atoms with Crippen LogP contribution in [0.3, 0.4) is 0 Å². The van der Waals surface area contributed by atoms with Crippen molar-refractivity contribution in [2.45, 2.75) is 13.0 Å². The van der Waals surface area contributed by atoms with Gasteiger partial charge >= 0.3 is 0 Å². The van der Waals surface area contributed by atoms with E-state index in [2.05, 4.69) is 5.32 Å². The normalized spacial score (nSPS) is 13.1. The topological polar surface area (TPSA) is 81.4 Å². The Morgan fingerprint density at radius 2 is 2.11 bits per heavy atom. The highest BCUT2D eigenvalue weighted by molar-refractivity contribution is 7.90. The monoisotopic (exact) mass is 276 g/mol. The van der Waals surface area contributed by atoms with E-state index in [-0.39, 0.29) is 23.2 Å². The van der Waals surface area contributed by atoms with Crippen LogP contribution in [0.1, 0.15) is 6.92 Å². The molecule has 0 aliphatic heterocycles. The first-order valence-electron chi connectivity index (χ1n) is 5.30. The summed E-state index contributed by atoms with van der Waals surface area (Å²) >= 11 is 0. The molecule has 1 unspecified atom stereocenters. The highest BCUT2D eigenvalue weighted by atomic mass is 32.2. The molecule has 0 amide bonds. The number of methoxy groups -OCH3 is 1. The lowest BCUT2D eigenvalue weighted by molar-refractivity contribution is 0.387. The van der Waals surface area contributed by atoms with Crippen molar-refractivity contribution in [1.82, 2.24) is 0 Å². The molecule has 1 aromatic rings. The van der Waals surface area contributed by atoms with Crippen LogP contribution in [0.5, 0.6) is 5.75 Å². The number of hydrogen-bond acceptors (Lipinski definition) is 5. The molecule has 0 aliphatic carbocycles. The summed E-state index contributed by atoms with van der Waals surface area (Å²) < 4.78 is 40.4. The highest BCUT2D eigenvalue weighted by Gasteiger charge is 2.13. The first-order chi connectivity index (χ1) is 8.23. The van der Waals surface area contributed by atoms with E-state index in [1.165, 1.54) is 13.2 Å². The molecule has 0 saturated heterocycles. The van der Waals surface area contributed by atoms with Gasteiger partial charge in [-0.1, -0.05) is 0 Å². The van der Waals surface area contributed by atoms with Crippen LogP contribution in [0.25, 0.3) is 0 Å². The minimum Gasteiger partial charge on any atom is -0.494 e. The van der Waals surface area contributed by atoms with Crippen LogP contribution in [0.2, 0.25) is 0 Å². The maximum atomic E-state index is 13.3. The Hall–Kier alpha value is -1.50. The number of ether oxygens (including phenoxy) is 1. The number of nitrogens with two attached hydrogens (primary N) is 1. The third-order valence-corrected chi connectivity index (χ3v) is 3.38. The van der Waals surface area contributed by atoms with E-state index in [1.807, 2.05) is 0 Å². The summed E-state index contributed by atoms with van der Waals surface area (Å²) in [6.45, 7) is 1.70. The van der Waals surface area contributed by atoms with Crippen LogP contribution >= 0.6 is 0 Å². The molecule has 1 rings (SSSR count). The van der Waals surface area contributed by atoms with Gasteiger partial charge in [-0.25, -0.2) is 12.8 Å². The number of benzene rings is 1. The second kappa shape index (κ2) is 5.43. The molecule has 5 nitrogen and oxygen atoms in total. The Kier molecular flexibility index (Phi) is 4.39. The molecule has 7 heteroatoms. The van der Waals surface area contributed by atoms with E-state index < -0.39 is 15.7 Å². The van der Waals surface area contributed by atoms with Gasteiger partial charge in [-0.05, 0) is 6.92 Å². The number of rotatable bonds is 5. The smallest absolute Gasteiger partial charge is 0.167 e. The first-order valence-corrected chi connectivity index (χ1v) is 7.36. The van der Waals surface area contributed by atoms with Crippen LogP contribution in [0, 0.1) is 5.82 Å². The van der Waals surface area contributed by atoms with Gasteiger partial charge in [0.05, 0.1) is 24.2 Å². The quantitative estimate of drug-likeness (QED) is 0.791. The lowest BCUT2D eigenvalue weighted by atomic mass is 10.2. The fourth-order valence-corrected chi connectivity index (χ4v) is 2.60. The molecule has 0 radical (unpaired) electrons. The SMILES string of the molecule is COc1cc(NC(C)CS(C)(=O)=O)c(N)cc1F. The van der Waals surface area contributed by atoms with Crippen molar-refractivity contribution in [3.05, 3.63) is 17.9 Å². The zero-order chi connectivity index (χ0) is 13.9. The van der Waals surface area contributed by atoms with Crippen LogP contribution in [-0.2, 0) is 9.84 Å². The highest BCUT2D eigenvalue weighted by Crippen LogP contribution is 2.28. The Morgan fingerprint density at radius 3 is 2.61 bits per heavy atom. The van der Waals surface area contributed by atoms with Gasteiger partial charge in [0.25, 0.3) is 0 Å². The van der Waals surface area contributed by atoms with E-state index in [1.54, 1.807) is 6.92 Å². The Labute approximate surface area is 106 Å². The van der Waals surface area contributed by atoms with Gasteiger partial charge in [0.1, 0.15) is 9.84 Å². The predicted molar refractivity (Wildman–Crippen MR) is 70.2 cm³/mol. The largest absolute Gasteiger partial charge is 0.494 e. The molecule has 0 bridgehead atoms. The van der Waals surface area contributed by atoms with Gasteiger partial charge in [0.2, 0.25) is 0 Å². The molecule has 1 atom stereocenters. The molecule has 1 aromatic carbocycles. The van der Waals surface area contributed by atoms with Gasteiger partial charge in [-0.15, -0.1) is 0 Å². The lowest BCUT2D eigenvalue weighted by Crippen LogP contribution is -2.25. The van der Waals surface area contributed by atoms with Gasteiger partial charge in [0, 0.05) is 24.4 Å². The molecule has 18 heavy (non-hydrogen) atoms. The number of halogens is 1.